The van der Waals surface area contributed by atoms with Crippen LogP contribution in [0.5, 0.6) is 0 Å². The van der Waals surface area contributed by atoms with Crippen LogP contribution in [-0.2, 0) is 34.1 Å². The Morgan fingerprint density at radius 1 is 1.22 bits per heavy atom. The smallest absolute Gasteiger partial charge is 0.415 e. The first kappa shape index (κ1) is 30.2. The zero-order valence-electron chi connectivity index (χ0n) is 23.2. The average molecular weight is 574 g/mol. The predicted octanol–water partition coefficient (Wildman–Crippen LogP) is 2.18. The number of hydrogen-bond donors (Lipinski definition) is 3. The number of carbonyl (C=O) groups is 3. The van der Waals surface area contributed by atoms with Crippen LogP contribution in [0.3, 0.4) is 0 Å². The molecule has 1 aliphatic carbocycles. The Morgan fingerprint density at radius 2 is 1.95 bits per heavy atom. The zero-order chi connectivity index (χ0) is 29.8. The molecule has 0 bridgehead atoms. The summed E-state index contributed by atoms with van der Waals surface area (Å²) in [5.41, 5.74) is -2.56. The number of esters is 2. The number of carbonyl (C=O) groups excluding carboxylic acids is 3. The number of nitrogens with one attached hydrogen (secondary N) is 1. The maximum absolute atomic E-state index is 12.7. The Kier molecular flexibility index (Phi) is 9.11. The molecule has 1 saturated heterocycles. The van der Waals surface area contributed by atoms with Gasteiger partial charge in [-0.15, -0.1) is 0 Å². The van der Waals surface area contributed by atoms with Gasteiger partial charge < -0.3 is 29.2 Å². The lowest BCUT2D eigenvalue weighted by Crippen LogP contribution is -2.43. The number of aliphatic hydroxyl groups excluding tert-OH is 2. The number of fused-ring (bicyclic) bond motifs is 1. The summed E-state index contributed by atoms with van der Waals surface area (Å²) >= 11 is 0. The minimum atomic E-state index is -2.07. The summed E-state index contributed by atoms with van der Waals surface area (Å²) in [7, 11) is 0. The molecule has 2 aromatic heterocycles. The maximum Gasteiger partial charge on any atom is 0.415 e. The third-order valence-corrected chi connectivity index (χ3v) is 7.27. The van der Waals surface area contributed by atoms with E-state index in [4.69, 9.17) is 18.9 Å². The van der Waals surface area contributed by atoms with Gasteiger partial charge in [0, 0.05) is 6.42 Å². The fourth-order valence-electron chi connectivity index (χ4n) is 5.08. The van der Waals surface area contributed by atoms with Gasteiger partial charge in [0.15, 0.2) is 11.9 Å². The van der Waals surface area contributed by atoms with E-state index >= 15 is 0 Å². The van der Waals surface area contributed by atoms with E-state index in [0.29, 0.717) is 0 Å². The molecule has 41 heavy (non-hydrogen) atoms. The number of ether oxygens (including phenoxy) is 4. The normalized spacial score (nSPS) is 24.9. The van der Waals surface area contributed by atoms with Crippen molar-refractivity contribution in [3.8, 4) is 6.07 Å². The predicted molar refractivity (Wildman–Crippen MR) is 140 cm³/mol. The van der Waals surface area contributed by atoms with Crippen molar-refractivity contribution in [2.45, 2.75) is 83.2 Å². The molecule has 1 saturated carbocycles. The van der Waals surface area contributed by atoms with E-state index in [2.05, 4.69) is 15.4 Å². The lowest BCUT2D eigenvalue weighted by atomic mass is 9.87. The van der Waals surface area contributed by atoms with Crippen LogP contribution in [-0.4, -0.2) is 74.6 Å². The van der Waals surface area contributed by atoms with Gasteiger partial charge in [0.2, 0.25) is 12.4 Å². The second-order valence-corrected chi connectivity index (χ2v) is 11.3. The van der Waals surface area contributed by atoms with E-state index in [-0.39, 0.29) is 29.4 Å². The first-order valence-corrected chi connectivity index (χ1v) is 13.5. The van der Waals surface area contributed by atoms with Crippen molar-refractivity contribution in [1.29, 1.82) is 5.26 Å². The zero-order valence-corrected chi connectivity index (χ0v) is 23.2. The molecule has 3 heterocycles. The van der Waals surface area contributed by atoms with Gasteiger partial charge in [0.25, 0.3) is 0 Å². The summed E-state index contributed by atoms with van der Waals surface area (Å²) in [5, 5.41) is 38.0. The van der Waals surface area contributed by atoms with Gasteiger partial charge in [-0.1, -0.05) is 19.3 Å². The van der Waals surface area contributed by atoms with Crippen LogP contribution < -0.4 is 5.32 Å². The van der Waals surface area contributed by atoms with Gasteiger partial charge in [-0.25, -0.2) is 14.3 Å². The fourth-order valence-corrected chi connectivity index (χ4v) is 5.08. The molecule has 4 atom stereocenters. The minimum absolute atomic E-state index is 0.00635. The van der Waals surface area contributed by atoms with E-state index in [1.54, 1.807) is 20.8 Å². The summed E-state index contributed by atoms with van der Waals surface area (Å²) in [5.74, 6) is -0.897. The van der Waals surface area contributed by atoms with Crippen molar-refractivity contribution in [3.63, 3.8) is 0 Å². The molecule has 0 unspecified atom stereocenters. The van der Waals surface area contributed by atoms with E-state index in [1.807, 2.05) is 6.07 Å². The van der Waals surface area contributed by atoms with Crippen LogP contribution in [0.2, 0.25) is 0 Å². The molecule has 1 amide bonds. The minimum Gasteiger partial charge on any atom is -0.457 e. The Bertz CT molecular complexity index is 1310. The molecule has 14 heteroatoms. The molecule has 2 fully saturated rings. The number of amides is 1. The molecule has 0 radical (unpaired) electrons. The van der Waals surface area contributed by atoms with E-state index in [1.165, 1.54) is 16.6 Å². The van der Waals surface area contributed by atoms with Crippen LogP contribution >= 0.6 is 0 Å². The summed E-state index contributed by atoms with van der Waals surface area (Å²) in [6.45, 7) is 3.74. The number of nitrogens with zero attached hydrogens (tertiary/aromatic N) is 4. The van der Waals surface area contributed by atoms with Crippen molar-refractivity contribution in [2.75, 3.05) is 18.7 Å². The summed E-state index contributed by atoms with van der Waals surface area (Å²) < 4.78 is 22.5. The van der Waals surface area contributed by atoms with Crippen molar-refractivity contribution < 1.29 is 43.5 Å². The van der Waals surface area contributed by atoms with Gasteiger partial charge in [0.1, 0.15) is 30.1 Å². The van der Waals surface area contributed by atoms with E-state index in [0.717, 1.165) is 38.4 Å². The lowest BCUT2D eigenvalue weighted by Gasteiger charge is -2.25. The second kappa shape index (κ2) is 12.4. The highest BCUT2D eigenvalue weighted by molar-refractivity contribution is 5.88. The Hall–Kier alpha value is -3.80. The van der Waals surface area contributed by atoms with Crippen molar-refractivity contribution in [3.05, 3.63) is 24.2 Å². The number of aromatic nitrogens is 3. The third kappa shape index (κ3) is 6.42. The molecule has 0 spiro atoms. The molecular weight excluding hydrogens is 538 g/mol. The molecule has 0 aromatic carbocycles. The summed E-state index contributed by atoms with van der Waals surface area (Å²) in [6.07, 6.45) is 1.27. The van der Waals surface area contributed by atoms with Crippen molar-refractivity contribution in [1.82, 2.24) is 14.6 Å². The van der Waals surface area contributed by atoms with Gasteiger partial charge in [-0.2, -0.15) is 10.4 Å². The standard InChI is InChI=1S/C27H35N5O9/c1-26(2,3)24(36)38-15-39-25(37)31-23-17-9-10-19(32(17)30-14-29-23)27(13-28)22(35)21(18(12-33)41-27)40-20(34)11-16-7-5-4-6-8-16/h9-10,14,16,18,21-22,33,35H,4-8,11-12,15H2,1-3H3,(H,29,30,31,37)/t18-,21-,22-,27+/m1/s1. The van der Waals surface area contributed by atoms with E-state index in [9.17, 15) is 29.9 Å². The quantitative estimate of drug-likeness (QED) is 0.308. The van der Waals surface area contributed by atoms with Crippen molar-refractivity contribution >= 4 is 29.4 Å². The highest BCUT2D eigenvalue weighted by Crippen LogP contribution is 2.42. The number of hydrogen-bond acceptors (Lipinski definition) is 12. The Morgan fingerprint density at radius 3 is 2.61 bits per heavy atom. The molecule has 14 nitrogen and oxygen atoms in total. The molecule has 4 rings (SSSR count). The molecule has 222 valence electrons. The SMILES string of the molecule is CC(C)(C)C(=O)OCOC(=O)Nc1ncnn2c([C@]3(C#N)O[C@H](CO)[C@@H](OC(=O)CC4CCCCC4)[C@H]3O)ccc12. The number of aliphatic hydroxyl groups is 2. The summed E-state index contributed by atoms with van der Waals surface area (Å²) in [6, 6.07) is 4.89. The van der Waals surface area contributed by atoms with Gasteiger partial charge in [-0.3, -0.25) is 14.9 Å². The Balaban J connectivity index is 1.50. The average Bonchev–Trinajstić information content (AvgIpc) is 3.49. The molecule has 1 aliphatic heterocycles. The molecular formula is C27H35N5O9. The topological polar surface area (TPSA) is 195 Å². The lowest BCUT2D eigenvalue weighted by molar-refractivity contribution is -0.161. The number of anilines is 1. The summed E-state index contributed by atoms with van der Waals surface area (Å²) in [4.78, 5) is 40.9. The highest BCUT2D eigenvalue weighted by Gasteiger charge is 2.59. The fraction of sp³-hybridized carbons (Fsp3) is 0.630. The van der Waals surface area contributed by atoms with Crippen LogP contribution in [0.25, 0.3) is 5.52 Å². The van der Waals surface area contributed by atoms with Crippen molar-refractivity contribution in [2.24, 2.45) is 11.3 Å². The number of nitriles is 1. The number of rotatable bonds is 8. The molecule has 3 N–H and O–H groups in total. The molecule has 2 aromatic rings. The van der Waals surface area contributed by atoms with Crippen LogP contribution in [0, 0.1) is 22.7 Å². The first-order chi connectivity index (χ1) is 19.5. The van der Waals surface area contributed by atoms with Gasteiger partial charge >= 0.3 is 18.0 Å². The first-order valence-electron chi connectivity index (χ1n) is 13.5. The van der Waals surface area contributed by atoms with Gasteiger partial charge in [0.05, 0.1) is 17.7 Å². The highest BCUT2D eigenvalue weighted by atomic mass is 16.7. The van der Waals surface area contributed by atoms with E-state index < -0.39 is 60.8 Å². The molecule has 2 aliphatic rings. The largest absolute Gasteiger partial charge is 0.457 e. The van der Waals surface area contributed by atoms with Crippen LogP contribution in [0.4, 0.5) is 10.6 Å². The monoisotopic (exact) mass is 573 g/mol. The second-order valence-electron chi connectivity index (χ2n) is 11.3. The van der Waals surface area contributed by atoms with Crippen LogP contribution in [0.15, 0.2) is 18.5 Å². The third-order valence-electron chi connectivity index (χ3n) is 7.27. The Labute approximate surface area is 236 Å². The maximum atomic E-state index is 12.7. The van der Waals surface area contributed by atoms with Gasteiger partial charge in [-0.05, 0) is 51.7 Å². The van der Waals surface area contributed by atoms with Crippen LogP contribution in [0.1, 0.15) is 65.0 Å².